The van der Waals surface area contributed by atoms with Gasteiger partial charge in [0.2, 0.25) is 0 Å². The summed E-state index contributed by atoms with van der Waals surface area (Å²) in [6.07, 6.45) is 5.89. The van der Waals surface area contributed by atoms with Gasteiger partial charge in [-0.25, -0.2) is 0 Å². The third-order valence-electron chi connectivity index (χ3n) is 3.91. The van der Waals surface area contributed by atoms with E-state index >= 15 is 0 Å². The Bertz CT molecular complexity index is 124. The third-order valence-corrected chi connectivity index (χ3v) is 3.91. The van der Waals surface area contributed by atoms with Gasteiger partial charge in [-0.2, -0.15) is 0 Å². The normalized spacial score (nSPS) is 40.9. The van der Waals surface area contributed by atoms with Crippen LogP contribution in [0, 0.1) is 0 Å². The van der Waals surface area contributed by atoms with Gasteiger partial charge in [-0.05, 0) is 0 Å². The number of rotatable bonds is 0. The average molecular weight is 192 g/mol. The molecule has 2 saturated heterocycles. The fourth-order valence-electron chi connectivity index (χ4n) is 2.98. The van der Waals surface area contributed by atoms with Crippen molar-refractivity contribution in [3.63, 3.8) is 0 Å². The fraction of sp³-hybridized carbons (Fsp3) is 1.00. The van der Waals surface area contributed by atoms with Gasteiger partial charge >= 0.3 is 0 Å². The SMILES string of the molecule is C[C@H]1B[C@H](C)CC1.C[C@H]1B[C@H](C)CC1. The van der Waals surface area contributed by atoms with Gasteiger partial charge in [-0.3, -0.25) is 0 Å². The molecule has 0 amide bonds. The molecule has 2 aliphatic heterocycles. The molecule has 0 aromatic carbocycles. The summed E-state index contributed by atoms with van der Waals surface area (Å²) in [6.45, 7) is 9.40. The highest BCUT2D eigenvalue weighted by Crippen LogP contribution is 2.31. The van der Waals surface area contributed by atoms with Crippen LogP contribution in [0.4, 0.5) is 0 Å². The molecule has 0 nitrogen and oxygen atoms in total. The van der Waals surface area contributed by atoms with E-state index in [1.165, 1.54) is 40.2 Å². The van der Waals surface area contributed by atoms with Crippen molar-refractivity contribution in [3.8, 4) is 0 Å². The summed E-state index contributed by atoms with van der Waals surface area (Å²) >= 11 is 0. The molecular weight excluding hydrogens is 166 g/mol. The lowest BCUT2D eigenvalue weighted by Gasteiger charge is -1.93. The maximum atomic E-state index is 2.35. The first-order chi connectivity index (χ1) is 6.58. The highest BCUT2D eigenvalue weighted by molar-refractivity contribution is 6.40. The zero-order valence-corrected chi connectivity index (χ0v) is 10.6. The van der Waals surface area contributed by atoms with Gasteiger partial charge in [0.1, 0.15) is 14.6 Å². The highest BCUT2D eigenvalue weighted by Gasteiger charge is 2.18. The standard InChI is InChI=1S/2C6H13B/c2*1-5-3-4-6(2)7-5/h2*5-7H,3-4H2,1-2H3/t2*5-,6-/m11/s1. The van der Waals surface area contributed by atoms with Gasteiger partial charge in [0.25, 0.3) is 0 Å². The van der Waals surface area contributed by atoms with E-state index in [-0.39, 0.29) is 0 Å². The molecule has 0 spiro atoms. The van der Waals surface area contributed by atoms with Crippen LogP contribution in [-0.2, 0) is 0 Å². The van der Waals surface area contributed by atoms with Crippen LogP contribution in [0.1, 0.15) is 53.4 Å². The second-order valence-electron chi connectivity index (χ2n) is 6.05. The van der Waals surface area contributed by atoms with E-state index in [2.05, 4.69) is 27.7 Å². The monoisotopic (exact) mass is 192 g/mol. The van der Waals surface area contributed by atoms with Crippen molar-refractivity contribution in [3.05, 3.63) is 0 Å². The van der Waals surface area contributed by atoms with Gasteiger partial charge in [-0.1, -0.05) is 76.6 Å². The van der Waals surface area contributed by atoms with Gasteiger partial charge in [0.15, 0.2) is 0 Å². The average Bonchev–Trinajstić information content (AvgIpc) is 2.63. The first kappa shape index (κ1) is 12.2. The maximum Gasteiger partial charge on any atom is 0.126 e. The second kappa shape index (κ2) is 5.88. The quantitative estimate of drug-likeness (QED) is 0.513. The van der Waals surface area contributed by atoms with Crippen molar-refractivity contribution in [1.82, 2.24) is 0 Å². The first-order valence-corrected chi connectivity index (χ1v) is 6.58. The minimum absolute atomic E-state index is 1.02. The van der Waals surface area contributed by atoms with Crippen LogP contribution in [-0.4, -0.2) is 14.6 Å². The molecular formula is C12H26B2. The van der Waals surface area contributed by atoms with E-state index in [9.17, 15) is 0 Å². The largest absolute Gasteiger partial charge is 0.126 e. The van der Waals surface area contributed by atoms with E-state index in [4.69, 9.17) is 0 Å². The van der Waals surface area contributed by atoms with Crippen LogP contribution in [0.3, 0.4) is 0 Å². The van der Waals surface area contributed by atoms with Crippen molar-refractivity contribution in [2.75, 3.05) is 0 Å². The van der Waals surface area contributed by atoms with Crippen LogP contribution in [0.5, 0.6) is 0 Å². The molecule has 2 aliphatic rings. The Kier molecular flexibility index (Phi) is 5.12. The Morgan fingerprint density at radius 3 is 0.857 bits per heavy atom. The number of hydrogen-bond donors (Lipinski definition) is 0. The second-order valence-corrected chi connectivity index (χ2v) is 6.05. The van der Waals surface area contributed by atoms with Crippen molar-refractivity contribution < 1.29 is 0 Å². The topological polar surface area (TPSA) is 0 Å². The minimum atomic E-state index is 1.02. The molecule has 2 rings (SSSR count). The lowest BCUT2D eigenvalue weighted by Crippen LogP contribution is -1.91. The van der Waals surface area contributed by atoms with Crippen LogP contribution in [0.25, 0.3) is 0 Å². The summed E-state index contributed by atoms with van der Waals surface area (Å²) < 4.78 is 0. The van der Waals surface area contributed by atoms with Gasteiger partial charge in [-0.15, -0.1) is 0 Å². The molecule has 0 N–H and O–H groups in total. The van der Waals surface area contributed by atoms with Crippen molar-refractivity contribution >= 4 is 14.6 Å². The summed E-state index contributed by atoms with van der Waals surface area (Å²) in [7, 11) is 2.94. The summed E-state index contributed by atoms with van der Waals surface area (Å²) in [5.41, 5.74) is 0. The van der Waals surface area contributed by atoms with Gasteiger partial charge in [0.05, 0.1) is 0 Å². The Morgan fingerprint density at radius 2 is 0.786 bits per heavy atom. The lowest BCUT2D eigenvalue weighted by atomic mass is 9.62. The zero-order valence-electron chi connectivity index (χ0n) is 10.6. The summed E-state index contributed by atoms with van der Waals surface area (Å²) in [5, 5.41) is 0. The molecule has 2 heteroatoms. The van der Waals surface area contributed by atoms with Crippen LogP contribution in [0.2, 0.25) is 23.3 Å². The molecule has 4 atom stereocenters. The maximum absolute atomic E-state index is 2.35. The van der Waals surface area contributed by atoms with Gasteiger partial charge < -0.3 is 0 Å². The summed E-state index contributed by atoms with van der Waals surface area (Å²) in [5.74, 6) is 4.09. The summed E-state index contributed by atoms with van der Waals surface area (Å²) in [4.78, 5) is 0. The molecule has 0 aromatic rings. The molecule has 0 radical (unpaired) electrons. The van der Waals surface area contributed by atoms with E-state index in [0.29, 0.717) is 0 Å². The van der Waals surface area contributed by atoms with Crippen LogP contribution < -0.4 is 0 Å². The van der Waals surface area contributed by atoms with E-state index in [1.807, 2.05) is 0 Å². The Balaban J connectivity index is 0.000000140. The highest BCUT2D eigenvalue weighted by atomic mass is 14.1. The molecule has 2 heterocycles. The fourth-order valence-corrected chi connectivity index (χ4v) is 2.98. The molecule has 0 saturated carbocycles. The van der Waals surface area contributed by atoms with Gasteiger partial charge in [0, 0.05) is 0 Å². The lowest BCUT2D eigenvalue weighted by molar-refractivity contribution is 0.765. The van der Waals surface area contributed by atoms with Crippen molar-refractivity contribution in [1.29, 1.82) is 0 Å². The predicted molar refractivity (Wildman–Crippen MR) is 70.5 cm³/mol. The molecule has 14 heavy (non-hydrogen) atoms. The third kappa shape index (κ3) is 4.57. The van der Waals surface area contributed by atoms with Crippen molar-refractivity contribution in [2.24, 2.45) is 0 Å². The van der Waals surface area contributed by atoms with E-state index < -0.39 is 0 Å². The van der Waals surface area contributed by atoms with E-state index in [1.54, 1.807) is 0 Å². The molecule has 0 aliphatic carbocycles. The molecule has 0 bridgehead atoms. The minimum Gasteiger partial charge on any atom is -0.0694 e. The van der Waals surface area contributed by atoms with Crippen LogP contribution in [0.15, 0.2) is 0 Å². The molecule has 2 fully saturated rings. The smallest absolute Gasteiger partial charge is 0.0694 e. The van der Waals surface area contributed by atoms with Crippen LogP contribution >= 0.6 is 0 Å². The molecule has 0 unspecified atom stereocenters. The predicted octanol–water partition coefficient (Wildman–Crippen LogP) is 3.67. The van der Waals surface area contributed by atoms with Crippen molar-refractivity contribution in [2.45, 2.75) is 76.6 Å². The molecule has 80 valence electrons. The Labute approximate surface area is 91.7 Å². The first-order valence-electron chi connectivity index (χ1n) is 6.58. The zero-order chi connectivity index (χ0) is 10.6. The number of hydrogen-bond acceptors (Lipinski definition) is 0. The Hall–Kier alpha value is 0.130. The Morgan fingerprint density at radius 1 is 0.571 bits per heavy atom. The van der Waals surface area contributed by atoms with E-state index in [0.717, 1.165) is 23.3 Å². The summed E-state index contributed by atoms with van der Waals surface area (Å²) in [6, 6.07) is 0. The molecule has 0 aromatic heterocycles.